The highest BCUT2D eigenvalue weighted by Crippen LogP contribution is 2.31. The molecule has 3 nitrogen and oxygen atoms in total. The van der Waals surface area contributed by atoms with Crippen molar-refractivity contribution in [3.8, 4) is 0 Å². The zero-order valence-electron chi connectivity index (χ0n) is 12.4. The summed E-state index contributed by atoms with van der Waals surface area (Å²) in [5, 5.41) is 10.5. The zero-order chi connectivity index (χ0) is 13.7. The molecular weight excluding hydrogens is 254 g/mol. The third kappa shape index (κ3) is 4.26. The second kappa shape index (κ2) is 6.82. The first-order valence-corrected chi connectivity index (χ1v) is 8.28. The number of hydrogen-bond acceptors (Lipinski definition) is 4. The van der Waals surface area contributed by atoms with E-state index >= 15 is 0 Å². The van der Waals surface area contributed by atoms with E-state index in [-0.39, 0.29) is 0 Å². The number of piperidine rings is 1. The van der Waals surface area contributed by atoms with E-state index in [2.05, 4.69) is 41.8 Å². The van der Waals surface area contributed by atoms with Crippen molar-refractivity contribution >= 4 is 11.3 Å². The maximum atomic E-state index is 4.39. The number of nitrogens with zero attached hydrogens (tertiary/aromatic N) is 1. The monoisotopic (exact) mass is 281 g/mol. The minimum Gasteiger partial charge on any atom is -0.316 e. The molecule has 0 amide bonds. The number of thiazole rings is 1. The number of rotatable bonds is 6. The molecule has 2 unspecified atom stereocenters. The van der Waals surface area contributed by atoms with Gasteiger partial charge in [-0.3, -0.25) is 0 Å². The highest BCUT2D eigenvalue weighted by molar-refractivity contribution is 7.09. The molecule has 1 aliphatic rings. The molecule has 0 spiro atoms. The van der Waals surface area contributed by atoms with Crippen LogP contribution < -0.4 is 10.6 Å². The van der Waals surface area contributed by atoms with Gasteiger partial charge in [-0.25, -0.2) is 4.98 Å². The predicted molar refractivity (Wildman–Crippen MR) is 82.8 cm³/mol. The molecule has 0 radical (unpaired) electrons. The Morgan fingerprint density at radius 1 is 1.58 bits per heavy atom. The quantitative estimate of drug-likeness (QED) is 0.842. The summed E-state index contributed by atoms with van der Waals surface area (Å²) >= 11 is 1.76. The Kier molecular flexibility index (Phi) is 5.37. The van der Waals surface area contributed by atoms with E-state index < -0.39 is 0 Å². The lowest BCUT2D eigenvalue weighted by atomic mass is 9.75. The van der Waals surface area contributed by atoms with E-state index in [1.54, 1.807) is 11.3 Å². The fourth-order valence-electron chi connectivity index (χ4n) is 2.84. The molecule has 2 rings (SSSR count). The van der Waals surface area contributed by atoms with Gasteiger partial charge in [0.2, 0.25) is 0 Å². The van der Waals surface area contributed by atoms with Crippen molar-refractivity contribution in [3.05, 3.63) is 16.6 Å². The summed E-state index contributed by atoms with van der Waals surface area (Å²) in [6.45, 7) is 11.5. The van der Waals surface area contributed by atoms with E-state index in [0.717, 1.165) is 19.0 Å². The molecule has 2 N–H and O–H groups in total. The topological polar surface area (TPSA) is 37.0 Å². The Morgan fingerprint density at radius 3 is 3.05 bits per heavy atom. The molecule has 108 valence electrons. The summed E-state index contributed by atoms with van der Waals surface area (Å²) in [5.74, 6) is 1.31. The van der Waals surface area contributed by atoms with E-state index in [0.29, 0.717) is 11.3 Å². The van der Waals surface area contributed by atoms with Gasteiger partial charge in [0.15, 0.2) is 0 Å². The van der Waals surface area contributed by atoms with Crippen molar-refractivity contribution < 1.29 is 0 Å². The van der Waals surface area contributed by atoms with Crippen molar-refractivity contribution in [1.29, 1.82) is 0 Å². The van der Waals surface area contributed by atoms with Gasteiger partial charge in [0.25, 0.3) is 0 Å². The van der Waals surface area contributed by atoms with Crippen molar-refractivity contribution in [2.45, 2.75) is 39.5 Å². The van der Waals surface area contributed by atoms with Crippen molar-refractivity contribution in [1.82, 2.24) is 15.6 Å². The van der Waals surface area contributed by atoms with E-state index in [4.69, 9.17) is 0 Å². The van der Waals surface area contributed by atoms with Gasteiger partial charge < -0.3 is 10.6 Å². The molecule has 4 heteroatoms. The number of nitrogens with one attached hydrogen (secondary N) is 2. The van der Waals surface area contributed by atoms with Crippen LogP contribution in [0.3, 0.4) is 0 Å². The highest BCUT2D eigenvalue weighted by atomic mass is 32.1. The molecule has 19 heavy (non-hydrogen) atoms. The minimum absolute atomic E-state index is 0.371. The lowest BCUT2D eigenvalue weighted by Crippen LogP contribution is -2.43. The summed E-state index contributed by atoms with van der Waals surface area (Å²) in [6.07, 6.45) is 4.58. The summed E-state index contributed by atoms with van der Waals surface area (Å²) in [5.41, 5.74) is 0.371. The maximum Gasteiger partial charge on any atom is 0.0965 e. The molecule has 1 saturated heterocycles. The first-order valence-electron chi connectivity index (χ1n) is 7.40. The Morgan fingerprint density at radius 2 is 2.42 bits per heavy atom. The lowest BCUT2D eigenvalue weighted by Gasteiger charge is -2.37. The van der Waals surface area contributed by atoms with Crippen molar-refractivity contribution in [3.63, 3.8) is 0 Å². The zero-order valence-corrected chi connectivity index (χ0v) is 13.2. The first-order chi connectivity index (χ1) is 9.09. The van der Waals surface area contributed by atoms with Crippen LogP contribution in [0.2, 0.25) is 0 Å². The van der Waals surface area contributed by atoms with Crippen LogP contribution in [0, 0.1) is 11.3 Å². The lowest BCUT2D eigenvalue weighted by molar-refractivity contribution is 0.166. The van der Waals surface area contributed by atoms with Gasteiger partial charge in [0.05, 0.1) is 5.01 Å². The second-order valence-corrected chi connectivity index (χ2v) is 7.36. The van der Waals surface area contributed by atoms with Crippen LogP contribution in [0.4, 0.5) is 0 Å². The van der Waals surface area contributed by atoms with Crippen LogP contribution in [0.5, 0.6) is 0 Å². The van der Waals surface area contributed by atoms with Gasteiger partial charge >= 0.3 is 0 Å². The third-order valence-electron chi connectivity index (χ3n) is 4.31. The average Bonchev–Trinajstić information content (AvgIpc) is 2.93. The Balaban J connectivity index is 1.74. The van der Waals surface area contributed by atoms with Gasteiger partial charge in [-0.2, -0.15) is 0 Å². The molecule has 0 bridgehead atoms. The Labute approximate surface area is 121 Å². The molecule has 1 aliphatic heterocycles. The van der Waals surface area contributed by atoms with Crippen LogP contribution in [-0.2, 0) is 0 Å². The second-order valence-electron chi connectivity index (χ2n) is 6.43. The Hall–Kier alpha value is -0.450. The smallest absolute Gasteiger partial charge is 0.0965 e. The van der Waals surface area contributed by atoms with E-state index in [1.165, 1.54) is 30.9 Å². The fourth-order valence-corrected chi connectivity index (χ4v) is 3.54. The maximum absolute atomic E-state index is 4.39. The number of aromatic nitrogens is 1. The fraction of sp³-hybridized carbons (Fsp3) is 0.800. The Bertz CT molecular complexity index is 355. The predicted octanol–water partition coefficient (Wildman–Crippen LogP) is 2.86. The molecule has 1 aromatic heterocycles. The van der Waals surface area contributed by atoms with E-state index in [9.17, 15) is 0 Å². The molecule has 0 aliphatic carbocycles. The molecule has 2 heterocycles. The van der Waals surface area contributed by atoms with Crippen LogP contribution in [0.25, 0.3) is 0 Å². The van der Waals surface area contributed by atoms with Crippen molar-refractivity contribution in [2.75, 3.05) is 26.2 Å². The largest absolute Gasteiger partial charge is 0.316 e. The van der Waals surface area contributed by atoms with E-state index in [1.807, 2.05) is 6.20 Å². The van der Waals surface area contributed by atoms with Crippen LogP contribution in [-0.4, -0.2) is 31.2 Å². The summed E-state index contributed by atoms with van der Waals surface area (Å²) in [4.78, 5) is 4.39. The molecule has 1 aromatic rings. The third-order valence-corrected chi connectivity index (χ3v) is 5.31. The minimum atomic E-state index is 0.371. The van der Waals surface area contributed by atoms with Gasteiger partial charge in [-0.15, -0.1) is 11.3 Å². The highest BCUT2D eigenvalue weighted by Gasteiger charge is 2.30. The summed E-state index contributed by atoms with van der Waals surface area (Å²) in [6, 6.07) is 0. The molecular formula is C15H27N3S. The molecule has 1 fully saturated rings. The van der Waals surface area contributed by atoms with Gasteiger partial charge in [0, 0.05) is 30.6 Å². The van der Waals surface area contributed by atoms with Crippen LogP contribution in [0.1, 0.15) is 44.5 Å². The standard InChI is InChI=1S/C15H27N3S/c1-12(14-18-7-8-19-14)9-17-11-15(2,3)13-5-4-6-16-10-13/h7-8,12-13,16-17H,4-6,9-11H2,1-3H3. The molecule has 0 aromatic carbocycles. The SMILES string of the molecule is CC(CNCC(C)(C)C1CCCNC1)c1nccs1. The van der Waals surface area contributed by atoms with Crippen LogP contribution >= 0.6 is 11.3 Å². The molecule has 0 saturated carbocycles. The van der Waals surface area contributed by atoms with Gasteiger partial charge in [-0.1, -0.05) is 20.8 Å². The van der Waals surface area contributed by atoms with Crippen molar-refractivity contribution in [2.24, 2.45) is 11.3 Å². The molecule has 2 atom stereocenters. The van der Waals surface area contributed by atoms with Gasteiger partial charge in [-0.05, 0) is 37.3 Å². The normalized spacial score (nSPS) is 22.4. The van der Waals surface area contributed by atoms with Gasteiger partial charge in [0.1, 0.15) is 0 Å². The summed E-state index contributed by atoms with van der Waals surface area (Å²) in [7, 11) is 0. The number of hydrogen-bond donors (Lipinski definition) is 2. The summed E-state index contributed by atoms with van der Waals surface area (Å²) < 4.78 is 0. The van der Waals surface area contributed by atoms with Crippen LogP contribution in [0.15, 0.2) is 11.6 Å². The first kappa shape index (κ1) is 14.9. The average molecular weight is 281 g/mol.